The van der Waals surface area contributed by atoms with Gasteiger partial charge in [0.25, 0.3) is 5.91 Å². The molecule has 77 heavy (non-hydrogen) atoms. The van der Waals surface area contributed by atoms with Gasteiger partial charge in [0.15, 0.2) is 17.2 Å². The number of nitrogens with one attached hydrogen (secondary N) is 4. The first kappa shape index (κ1) is 56.6. The van der Waals surface area contributed by atoms with E-state index >= 15 is 4.39 Å². The molecule has 3 aromatic carbocycles. The number of thiophene rings is 1. The molecular weight excluding hydrogens is 1060 g/mol. The van der Waals surface area contributed by atoms with E-state index in [0.717, 1.165) is 23.1 Å². The predicted molar refractivity (Wildman–Crippen MR) is 287 cm³/mol. The molecule has 3 fully saturated rings. The average molecular weight is 1120 g/mol. The van der Waals surface area contributed by atoms with Crippen molar-refractivity contribution >= 4 is 91.5 Å². The van der Waals surface area contributed by atoms with Gasteiger partial charge in [0.1, 0.15) is 28.1 Å². The highest BCUT2D eigenvalue weighted by atomic mass is 35.5. The number of imide groups is 1. The lowest BCUT2D eigenvalue weighted by molar-refractivity contribution is -0.157. The Morgan fingerprint density at radius 2 is 1.56 bits per heavy atom. The van der Waals surface area contributed by atoms with Gasteiger partial charge in [0.2, 0.25) is 33.7 Å². The maximum Gasteiger partial charge on any atom is 0.352 e. The van der Waals surface area contributed by atoms with E-state index in [1.807, 2.05) is 24.3 Å². The molecule has 0 spiro atoms. The number of amides is 5. The summed E-state index contributed by atoms with van der Waals surface area (Å²) in [6.45, 7) is 10.9. The van der Waals surface area contributed by atoms with Crippen molar-refractivity contribution in [3.05, 3.63) is 93.1 Å². The van der Waals surface area contributed by atoms with E-state index in [0.29, 0.717) is 58.5 Å². The van der Waals surface area contributed by atoms with Gasteiger partial charge in [-0.15, -0.1) is 11.3 Å². The lowest BCUT2D eigenvalue weighted by Crippen LogP contribution is -2.52. The Hall–Kier alpha value is -6.62. The summed E-state index contributed by atoms with van der Waals surface area (Å²) in [7, 11) is -3.86. The number of hydrogen-bond acceptors (Lipinski definition) is 15. The number of halogens is 2. The number of nitrogens with zero attached hydrogens (tertiary/aromatic N) is 3. The quantitative estimate of drug-likeness (QED) is 0.0635. The Balaban J connectivity index is 0.811. The minimum atomic E-state index is -3.86. The fourth-order valence-electron chi connectivity index (χ4n) is 9.66. The molecule has 0 radical (unpaired) electrons. The molecule has 0 bridgehead atoms. The van der Waals surface area contributed by atoms with Gasteiger partial charge in [-0.25, -0.2) is 26.7 Å². The highest BCUT2D eigenvalue weighted by Gasteiger charge is 2.40. The number of carbonyl (C=O) groups excluding carboxylic acids is 7. The van der Waals surface area contributed by atoms with Crippen LogP contribution in [0.15, 0.2) is 60.7 Å². The van der Waals surface area contributed by atoms with Crippen molar-refractivity contribution in [1.82, 2.24) is 19.4 Å². The molecule has 4 aliphatic heterocycles. The molecule has 412 valence electrons. The molecule has 1 atom stereocenters. The van der Waals surface area contributed by atoms with Crippen LogP contribution in [0.5, 0.6) is 5.75 Å². The molecule has 8 rings (SSSR count). The molecular formula is C54H63ClFN7O12S2. The van der Waals surface area contributed by atoms with E-state index < -0.39 is 75.1 Å². The van der Waals surface area contributed by atoms with E-state index in [1.165, 1.54) is 21.3 Å². The SMILES string of the molecule is CC(C)(C)OC(=O)COc1c(C(=O)OC(C)(C)C)sc(-c2cccc(NC3CCN(S(=O)(=O)Cc4ccc(F)c(NC(=O)C5CCN(C(=O)CNc6cccc7c6CN(C6CCC(=O)NC6=O)C7=O)CC5)c4)CC3)c2)c1Cl. The third-order valence-electron chi connectivity index (χ3n) is 13.4. The zero-order chi connectivity index (χ0) is 55.6. The van der Waals surface area contributed by atoms with Gasteiger partial charge in [0.05, 0.1) is 22.9 Å². The molecule has 5 heterocycles. The number of fused-ring (bicyclic) bond motifs is 1. The lowest BCUT2D eigenvalue weighted by Gasteiger charge is -2.32. The number of hydrogen-bond donors (Lipinski definition) is 4. The minimum absolute atomic E-state index is 0.00818. The maximum atomic E-state index is 15.2. The van der Waals surface area contributed by atoms with Gasteiger partial charge in [-0.3, -0.25) is 29.3 Å². The summed E-state index contributed by atoms with van der Waals surface area (Å²) in [5.74, 6) is -4.85. The average Bonchev–Trinajstić information content (AvgIpc) is 3.89. The van der Waals surface area contributed by atoms with Crippen molar-refractivity contribution in [3.63, 3.8) is 0 Å². The van der Waals surface area contributed by atoms with E-state index in [1.54, 1.807) is 64.6 Å². The van der Waals surface area contributed by atoms with Gasteiger partial charge >= 0.3 is 11.9 Å². The summed E-state index contributed by atoms with van der Waals surface area (Å²) < 4.78 is 60.9. The number of esters is 2. The van der Waals surface area contributed by atoms with Gasteiger partial charge in [-0.1, -0.05) is 35.9 Å². The lowest BCUT2D eigenvalue weighted by atomic mass is 9.95. The Labute approximate surface area is 455 Å². The fourth-order valence-corrected chi connectivity index (χ4v) is 12.6. The summed E-state index contributed by atoms with van der Waals surface area (Å²) in [6.07, 6.45) is 1.94. The normalized spacial score (nSPS) is 17.9. The van der Waals surface area contributed by atoms with E-state index in [-0.39, 0.29) is 97.2 Å². The van der Waals surface area contributed by atoms with E-state index in [9.17, 15) is 42.0 Å². The Morgan fingerprint density at radius 3 is 2.25 bits per heavy atom. The van der Waals surface area contributed by atoms with E-state index in [4.69, 9.17) is 25.8 Å². The highest BCUT2D eigenvalue weighted by Crippen LogP contribution is 2.47. The topological polar surface area (TPSA) is 239 Å². The second-order valence-electron chi connectivity index (χ2n) is 21.5. The van der Waals surface area contributed by atoms with Gasteiger partial charge in [-0.05, 0) is 121 Å². The first-order chi connectivity index (χ1) is 36.3. The standard InChI is InChI=1S/C54H63ClFN7O12S2/c1-53(2,3)74-44(66)29-73-46-45(55)47(76-48(46)52(70)75-54(4,5)6)33-9-7-10-35(26-33)58-34-19-23-62(24-20-34)77(71,72)30-31-13-14-38(56)40(25-31)59-49(67)32-17-21-61(22-18-32)43(65)27-57-39-12-8-11-36-37(39)28-63(51(36)69)41-15-16-42(64)60-50(41)68/h7-14,25-26,32,34,41,57-58H,15-24,27-30H2,1-6H3,(H,59,67)(H,60,64,68). The van der Waals surface area contributed by atoms with Crippen molar-refractivity contribution in [3.8, 4) is 16.2 Å². The van der Waals surface area contributed by atoms with Gasteiger partial charge in [-0.2, -0.15) is 0 Å². The molecule has 1 aromatic heterocycles. The number of piperidine rings is 3. The molecule has 4 aromatic rings. The zero-order valence-corrected chi connectivity index (χ0v) is 46.1. The van der Waals surface area contributed by atoms with Crippen LogP contribution in [0.25, 0.3) is 10.4 Å². The Morgan fingerprint density at radius 1 is 0.857 bits per heavy atom. The van der Waals surface area contributed by atoms with Crippen LogP contribution < -0.4 is 26.0 Å². The largest absolute Gasteiger partial charge is 0.479 e. The molecule has 1 unspecified atom stereocenters. The minimum Gasteiger partial charge on any atom is -0.479 e. The van der Waals surface area contributed by atoms with Crippen LogP contribution in [-0.2, 0) is 55.8 Å². The summed E-state index contributed by atoms with van der Waals surface area (Å²) >= 11 is 7.94. The van der Waals surface area contributed by atoms with Crippen molar-refractivity contribution in [2.24, 2.45) is 5.92 Å². The number of anilines is 3. The second-order valence-corrected chi connectivity index (χ2v) is 24.8. The molecule has 5 amide bonds. The van der Waals surface area contributed by atoms with Crippen LogP contribution in [0.1, 0.15) is 111 Å². The van der Waals surface area contributed by atoms with Crippen LogP contribution in [0.3, 0.4) is 0 Å². The molecule has 0 saturated carbocycles. The second kappa shape index (κ2) is 23.1. The van der Waals surface area contributed by atoms with Crippen LogP contribution in [0, 0.1) is 11.7 Å². The Bertz CT molecular complexity index is 3090. The molecule has 19 nitrogen and oxygen atoms in total. The molecule has 4 aliphatic rings. The van der Waals surface area contributed by atoms with Crippen molar-refractivity contribution in [1.29, 1.82) is 0 Å². The van der Waals surface area contributed by atoms with Crippen molar-refractivity contribution in [2.75, 3.05) is 55.3 Å². The fraction of sp³-hybridized carbons (Fsp3) is 0.463. The smallest absolute Gasteiger partial charge is 0.352 e. The van der Waals surface area contributed by atoms with Crippen LogP contribution >= 0.6 is 22.9 Å². The van der Waals surface area contributed by atoms with Crippen LogP contribution in [0.4, 0.5) is 21.5 Å². The van der Waals surface area contributed by atoms with Crippen molar-refractivity contribution < 1.29 is 60.6 Å². The predicted octanol–water partition coefficient (Wildman–Crippen LogP) is 7.34. The van der Waals surface area contributed by atoms with Crippen LogP contribution in [0.2, 0.25) is 5.02 Å². The summed E-state index contributed by atoms with van der Waals surface area (Å²) in [5, 5.41) is 11.7. The molecule has 4 N–H and O–H groups in total. The molecule has 3 saturated heterocycles. The molecule has 23 heteroatoms. The number of carbonyl (C=O) groups is 7. The number of rotatable bonds is 16. The first-order valence-corrected chi connectivity index (χ1v) is 28.3. The van der Waals surface area contributed by atoms with Crippen LogP contribution in [-0.4, -0.2) is 127 Å². The third-order valence-corrected chi connectivity index (χ3v) is 16.9. The number of likely N-dealkylation sites (tertiary alicyclic amines) is 1. The summed E-state index contributed by atoms with van der Waals surface area (Å²) in [5.41, 5.74) is 1.61. The molecule has 0 aliphatic carbocycles. The Kier molecular flexibility index (Phi) is 17.0. The highest BCUT2D eigenvalue weighted by molar-refractivity contribution is 7.88. The number of benzene rings is 3. The zero-order valence-electron chi connectivity index (χ0n) is 43.7. The maximum absolute atomic E-state index is 15.2. The number of ether oxygens (including phenoxy) is 3. The van der Waals surface area contributed by atoms with Crippen molar-refractivity contribution in [2.45, 2.75) is 116 Å². The van der Waals surface area contributed by atoms with Gasteiger partial charge in [0, 0.05) is 73.6 Å². The number of sulfonamides is 1. The third kappa shape index (κ3) is 13.9. The summed E-state index contributed by atoms with van der Waals surface area (Å²) in [6, 6.07) is 15.4. The van der Waals surface area contributed by atoms with Gasteiger partial charge < -0.3 is 40.0 Å². The van der Waals surface area contributed by atoms with E-state index in [2.05, 4.69) is 21.3 Å². The monoisotopic (exact) mass is 1120 g/mol. The first-order valence-electron chi connectivity index (χ1n) is 25.4. The summed E-state index contributed by atoms with van der Waals surface area (Å²) in [4.78, 5) is 93.8.